The van der Waals surface area contributed by atoms with Gasteiger partial charge in [0.25, 0.3) is 0 Å². The average Bonchev–Trinajstić information content (AvgIpc) is 2.74. The van der Waals surface area contributed by atoms with Gasteiger partial charge in [0.2, 0.25) is 0 Å². The molecule has 0 fully saturated rings. The second kappa shape index (κ2) is 8.05. The van der Waals surface area contributed by atoms with E-state index in [0.717, 1.165) is 41.2 Å². The van der Waals surface area contributed by atoms with E-state index in [1.54, 1.807) is 0 Å². The molecule has 0 amide bonds. The molecule has 0 aliphatic heterocycles. The molecule has 0 bridgehead atoms. The molecule has 1 aliphatic carbocycles. The summed E-state index contributed by atoms with van der Waals surface area (Å²) in [5, 5.41) is 9.55. The van der Waals surface area contributed by atoms with Crippen LogP contribution in [0.3, 0.4) is 0 Å². The lowest BCUT2D eigenvalue weighted by Gasteiger charge is -2.33. The largest absolute Gasteiger partial charge is 0.489 e. The highest BCUT2D eigenvalue weighted by Crippen LogP contribution is 2.32. The maximum Gasteiger partial charge on any atom is 0.127 e. The molecule has 1 unspecified atom stereocenters. The fourth-order valence-electron chi connectivity index (χ4n) is 3.54. The Morgan fingerprint density at radius 2 is 1.57 bits per heavy atom. The van der Waals surface area contributed by atoms with Gasteiger partial charge in [0.15, 0.2) is 0 Å². The number of benzene rings is 3. The normalized spacial score (nSPS) is 18.4. The minimum absolute atomic E-state index is 0.00195. The zero-order valence-corrected chi connectivity index (χ0v) is 15.8. The summed E-state index contributed by atoms with van der Waals surface area (Å²) in [6.07, 6.45) is 2.36. The lowest BCUT2D eigenvalue weighted by atomic mass is 9.79. The molecule has 4 rings (SSSR count). The van der Waals surface area contributed by atoms with E-state index in [4.69, 9.17) is 15.2 Å². The van der Waals surface area contributed by atoms with Crippen LogP contribution < -0.4 is 15.2 Å². The van der Waals surface area contributed by atoms with Gasteiger partial charge in [-0.2, -0.15) is 0 Å². The molecule has 0 aromatic heterocycles. The SMILES string of the molecule is NC1(CO)CCc2ccc(Oc3ccc(OCc4ccccc4)cc3)cc2C1. The summed E-state index contributed by atoms with van der Waals surface area (Å²) in [7, 11) is 0. The van der Waals surface area contributed by atoms with Gasteiger partial charge in [-0.05, 0) is 72.4 Å². The molecule has 4 heteroatoms. The van der Waals surface area contributed by atoms with Gasteiger partial charge >= 0.3 is 0 Å². The molecule has 0 saturated heterocycles. The van der Waals surface area contributed by atoms with Crippen LogP contribution in [0.15, 0.2) is 72.8 Å². The van der Waals surface area contributed by atoms with Gasteiger partial charge in [-0.15, -0.1) is 0 Å². The highest BCUT2D eigenvalue weighted by molar-refractivity contribution is 5.42. The van der Waals surface area contributed by atoms with E-state index >= 15 is 0 Å². The maximum atomic E-state index is 9.55. The van der Waals surface area contributed by atoms with Crippen LogP contribution in [0, 0.1) is 0 Å². The molecule has 28 heavy (non-hydrogen) atoms. The van der Waals surface area contributed by atoms with Crippen molar-refractivity contribution in [3.8, 4) is 17.2 Å². The van der Waals surface area contributed by atoms with Gasteiger partial charge in [0.05, 0.1) is 6.61 Å². The summed E-state index contributed by atoms with van der Waals surface area (Å²) < 4.78 is 11.8. The minimum atomic E-state index is -0.524. The Morgan fingerprint density at radius 1 is 0.857 bits per heavy atom. The van der Waals surface area contributed by atoms with Crippen molar-refractivity contribution in [2.24, 2.45) is 5.73 Å². The first-order valence-corrected chi connectivity index (χ1v) is 9.60. The number of aryl methyl sites for hydroxylation is 1. The Morgan fingerprint density at radius 3 is 2.32 bits per heavy atom. The number of aliphatic hydroxyl groups is 1. The number of hydrogen-bond acceptors (Lipinski definition) is 4. The first-order valence-electron chi connectivity index (χ1n) is 9.60. The smallest absolute Gasteiger partial charge is 0.127 e. The Labute approximate surface area is 165 Å². The predicted octanol–water partition coefficient (Wildman–Crippen LogP) is 4.24. The Bertz CT molecular complexity index is 924. The van der Waals surface area contributed by atoms with Crippen molar-refractivity contribution in [1.29, 1.82) is 0 Å². The van der Waals surface area contributed by atoms with Crippen LogP contribution >= 0.6 is 0 Å². The number of nitrogens with two attached hydrogens (primary N) is 1. The van der Waals surface area contributed by atoms with Gasteiger partial charge in [-0.3, -0.25) is 0 Å². The molecule has 0 radical (unpaired) electrons. The van der Waals surface area contributed by atoms with E-state index in [-0.39, 0.29) is 6.61 Å². The molecule has 0 saturated carbocycles. The summed E-state index contributed by atoms with van der Waals surface area (Å²) >= 11 is 0. The summed E-state index contributed by atoms with van der Waals surface area (Å²) in [6, 6.07) is 23.8. The lowest BCUT2D eigenvalue weighted by Crippen LogP contribution is -2.48. The van der Waals surface area contributed by atoms with Crippen LogP contribution in [0.1, 0.15) is 23.1 Å². The van der Waals surface area contributed by atoms with Gasteiger partial charge in [0.1, 0.15) is 23.9 Å². The van der Waals surface area contributed by atoms with Crippen molar-refractivity contribution in [2.75, 3.05) is 6.61 Å². The Balaban J connectivity index is 1.40. The molecule has 3 aromatic carbocycles. The fraction of sp³-hybridized carbons (Fsp3) is 0.250. The summed E-state index contributed by atoms with van der Waals surface area (Å²) in [6.45, 7) is 0.541. The van der Waals surface area contributed by atoms with Gasteiger partial charge in [-0.1, -0.05) is 36.4 Å². The van der Waals surface area contributed by atoms with Crippen molar-refractivity contribution in [3.05, 3.63) is 89.5 Å². The van der Waals surface area contributed by atoms with E-state index in [9.17, 15) is 5.11 Å². The molecule has 3 aromatic rings. The van der Waals surface area contributed by atoms with Crippen LogP contribution in [-0.4, -0.2) is 17.3 Å². The standard InChI is InChI=1S/C24H25NO3/c25-24(17-26)13-12-19-6-7-23(14-20(19)15-24)28-22-10-8-21(9-11-22)27-16-18-4-2-1-3-5-18/h1-11,14,26H,12-13,15-17,25H2. The van der Waals surface area contributed by atoms with E-state index in [1.165, 1.54) is 5.56 Å². The van der Waals surface area contributed by atoms with E-state index < -0.39 is 5.54 Å². The summed E-state index contributed by atoms with van der Waals surface area (Å²) in [5.74, 6) is 2.33. The fourth-order valence-corrected chi connectivity index (χ4v) is 3.54. The van der Waals surface area contributed by atoms with Crippen molar-refractivity contribution in [3.63, 3.8) is 0 Å². The summed E-state index contributed by atoms with van der Waals surface area (Å²) in [5.41, 5.74) is 9.31. The van der Waals surface area contributed by atoms with Crippen molar-refractivity contribution in [2.45, 2.75) is 31.4 Å². The molecule has 1 aliphatic rings. The predicted molar refractivity (Wildman–Crippen MR) is 110 cm³/mol. The zero-order chi connectivity index (χ0) is 19.4. The molecule has 0 spiro atoms. The van der Waals surface area contributed by atoms with E-state index in [0.29, 0.717) is 13.0 Å². The van der Waals surface area contributed by atoms with Gasteiger partial charge in [-0.25, -0.2) is 0 Å². The molecule has 1 atom stereocenters. The molecule has 4 nitrogen and oxygen atoms in total. The molecule has 3 N–H and O–H groups in total. The van der Waals surface area contributed by atoms with Crippen LogP contribution in [-0.2, 0) is 19.4 Å². The van der Waals surface area contributed by atoms with Crippen LogP contribution in [0.4, 0.5) is 0 Å². The van der Waals surface area contributed by atoms with E-state index in [2.05, 4.69) is 6.07 Å². The molecular weight excluding hydrogens is 350 g/mol. The third-order valence-corrected chi connectivity index (χ3v) is 5.24. The van der Waals surface area contributed by atoms with Crippen LogP contribution in [0.5, 0.6) is 17.2 Å². The van der Waals surface area contributed by atoms with Crippen LogP contribution in [0.25, 0.3) is 0 Å². The van der Waals surface area contributed by atoms with Crippen molar-refractivity contribution >= 4 is 0 Å². The average molecular weight is 375 g/mol. The van der Waals surface area contributed by atoms with Crippen molar-refractivity contribution in [1.82, 2.24) is 0 Å². The number of aliphatic hydroxyl groups excluding tert-OH is 1. The second-order valence-electron chi connectivity index (χ2n) is 7.48. The van der Waals surface area contributed by atoms with Crippen LogP contribution in [0.2, 0.25) is 0 Å². The first kappa shape index (κ1) is 18.5. The quantitative estimate of drug-likeness (QED) is 0.676. The zero-order valence-electron chi connectivity index (χ0n) is 15.8. The minimum Gasteiger partial charge on any atom is -0.489 e. The monoisotopic (exact) mass is 375 g/mol. The number of hydrogen-bond donors (Lipinski definition) is 2. The number of rotatable bonds is 6. The van der Waals surface area contributed by atoms with Gasteiger partial charge < -0.3 is 20.3 Å². The maximum absolute atomic E-state index is 9.55. The first-order chi connectivity index (χ1) is 13.6. The Kier molecular flexibility index (Phi) is 5.33. The van der Waals surface area contributed by atoms with Gasteiger partial charge in [0, 0.05) is 5.54 Å². The lowest BCUT2D eigenvalue weighted by molar-refractivity contribution is 0.181. The topological polar surface area (TPSA) is 64.7 Å². The van der Waals surface area contributed by atoms with E-state index in [1.807, 2.05) is 66.7 Å². The Hall–Kier alpha value is -2.82. The molecule has 0 heterocycles. The summed E-state index contributed by atoms with van der Waals surface area (Å²) in [4.78, 5) is 0. The highest BCUT2D eigenvalue weighted by Gasteiger charge is 2.29. The molecule has 144 valence electrons. The third-order valence-electron chi connectivity index (χ3n) is 5.24. The molecular formula is C24H25NO3. The number of ether oxygens (including phenoxy) is 2. The number of fused-ring (bicyclic) bond motifs is 1. The third kappa shape index (κ3) is 4.35. The highest BCUT2D eigenvalue weighted by atomic mass is 16.5. The van der Waals surface area contributed by atoms with Crippen molar-refractivity contribution < 1.29 is 14.6 Å². The second-order valence-corrected chi connectivity index (χ2v) is 7.48.